The van der Waals surface area contributed by atoms with Crippen LogP contribution in [0.4, 0.5) is 4.79 Å². The minimum absolute atomic E-state index is 0.308. The van der Waals surface area contributed by atoms with E-state index in [1.165, 1.54) is 0 Å². The molecule has 2 N–H and O–H groups in total. The van der Waals surface area contributed by atoms with Crippen LogP contribution in [0.3, 0.4) is 0 Å². The van der Waals surface area contributed by atoms with Crippen LogP contribution in [0.2, 0.25) is 5.02 Å². The highest BCUT2D eigenvalue weighted by molar-refractivity contribution is 7.99. The number of nitrogens with one attached hydrogen (secondary N) is 2. The number of hydrogen-bond donors (Lipinski definition) is 2. The quantitative estimate of drug-likeness (QED) is 0.400. The summed E-state index contributed by atoms with van der Waals surface area (Å²) >= 11 is 7.43. The Morgan fingerprint density at radius 3 is 2.45 bits per heavy atom. The molecule has 0 saturated carbocycles. The summed E-state index contributed by atoms with van der Waals surface area (Å²) in [6, 6.07) is 14.3. The minimum Gasteiger partial charge on any atom is -0.354 e. The zero-order valence-corrected chi connectivity index (χ0v) is 17.8. The number of rotatable bonds is 7. The van der Waals surface area contributed by atoms with Crippen LogP contribution in [0.5, 0.6) is 0 Å². The Balaban J connectivity index is 1.52. The predicted octanol–water partition coefficient (Wildman–Crippen LogP) is 3.32. The van der Waals surface area contributed by atoms with Gasteiger partial charge in [-0.05, 0) is 43.7 Å². The molecule has 1 saturated heterocycles. The molecule has 1 fully saturated rings. The van der Waals surface area contributed by atoms with Gasteiger partial charge >= 0.3 is 6.03 Å². The Labute approximate surface area is 179 Å². The summed E-state index contributed by atoms with van der Waals surface area (Å²) in [5, 5.41) is 6.13. The number of carbonyl (C=O) groups excluding carboxylic acids is 3. The molecule has 3 rings (SSSR count). The molecular formula is C21H22ClN3O3S. The highest BCUT2D eigenvalue weighted by Gasteiger charge is 2.49. The van der Waals surface area contributed by atoms with E-state index in [4.69, 9.17) is 11.6 Å². The first-order valence-corrected chi connectivity index (χ1v) is 10.5. The van der Waals surface area contributed by atoms with E-state index >= 15 is 0 Å². The maximum absolute atomic E-state index is 12.8. The first kappa shape index (κ1) is 21.2. The molecule has 1 aliphatic heterocycles. The Morgan fingerprint density at radius 1 is 1.14 bits per heavy atom. The molecule has 4 amide bonds. The van der Waals surface area contributed by atoms with Gasteiger partial charge < -0.3 is 10.6 Å². The number of imide groups is 1. The summed E-state index contributed by atoms with van der Waals surface area (Å²) in [6.07, 6.45) is 0. The number of amides is 4. The van der Waals surface area contributed by atoms with Crippen LogP contribution in [0, 0.1) is 6.92 Å². The highest BCUT2D eigenvalue weighted by Crippen LogP contribution is 2.28. The molecule has 0 bridgehead atoms. The number of benzene rings is 2. The van der Waals surface area contributed by atoms with Gasteiger partial charge in [0.2, 0.25) is 5.91 Å². The fourth-order valence-electron chi connectivity index (χ4n) is 3.01. The SMILES string of the molecule is Cc1ccc([C@@]2(C)NC(=O)N(CC(=O)NCCSc3ccc(Cl)cc3)C2=O)cc1. The topological polar surface area (TPSA) is 78.5 Å². The van der Waals surface area contributed by atoms with Gasteiger partial charge in [0.05, 0.1) is 0 Å². The normalized spacial score (nSPS) is 18.7. The van der Waals surface area contributed by atoms with Crippen molar-refractivity contribution in [3.8, 4) is 0 Å². The predicted molar refractivity (Wildman–Crippen MR) is 114 cm³/mol. The number of thioether (sulfide) groups is 1. The monoisotopic (exact) mass is 431 g/mol. The van der Waals surface area contributed by atoms with Crippen molar-refractivity contribution in [3.63, 3.8) is 0 Å². The van der Waals surface area contributed by atoms with Crippen molar-refractivity contribution in [2.45, 2.75) is 24.3 Å². The van der Waals surface area contributed by atoms with Gasteiger partial charge in [-0.3, -0.25) is 14.5 Å². The van der Waals surface area contributed by atoms with Gasteiger partial charge in [-0.25, -0.2) is 4.79 Å². The van der Waals surface area contributed by atoms with Crippen molar-refractivity contribution in [1.29, 1.82) is 0 Å². The van der Waals surface area contributed by atoms with Gasteiger partial charge in [0.15, 0.2) is 0 Å². The van der Waals surface area contributed by atoms with Crippen molar-refractivity contribution >= 4 is 41.2 Å². The third-order valence-electron chi connectivity index (χ3n) is 4.71. The molecule has 0 unspecified atom stereocenters. The van der Waals surface area contributed by atoms with Crippen LogP contribution in [-0.4, -0.2) is 41.6 Å². The first-order valence-electron chi connectivity index (χ1n) is 9.16. The lowest BCUT2D eigenvalue weighted by atomic mass is 9.91. The number of hydrogen-bond acceptors (Lipinski definition) is 4. The summed E-state index contributed by atoms with van der Waals surface area (Å²) < 4.78 is 0. The third-order valence-corrected chi connectivity index (χ3v) is 5.98. The van der Waals surface area contributed by atoms with Crippen molar-refractivity contribution in [2.24, 2.45) is 0 Å². The summed E-state index contributed by atoms with van der Waals surface area (Å²) in [7, 11) is 0. The van der Waals surface area contributed by atoms with Gasteiger partial charge in [-0.2, -0.15) is 0 Å². The molecule has 1 aliphatic rings. The van der Waals surface area contributed by atoms with E-state index in [1.54, 1.807) is 18.7 Å². The van der Waals surface area contributed by atoms with Crippen molar-refractivity contribution < 1.29 is 14.4 Å². The van der Waals surface area contributed by atoms with Crippen LogP contribution >= 0.6 is 23.4 Å². The number of halogens is 1. The molecule has 1 atom stereocenters. The molecular weight excluding hydrogens is 410 g/mol. The van der Waals surface area contributed by atoms with E-state index in [9.17, 15) is 14.4 Å². The van der Waals surface area contributed by atoms with E-state index in [-0.39, 0.29) is 12.5 Å². The molecule has 2 aromatic rings. The smallest absolute Gasteiger partial charge is 0.325 e. The maximum Gasteiger partial charge on any atom is 0.325 e. The average molecular weight is 432 g/mol. The fourth-order valence-corrected chi connectivity index (χ4v) is 3.91. The largest absolute Gasteiger partial charge is 0.354 e. The summed E-state index contributed by atoms with van der Waals surface area (Å²) in [6.45, 7) is 3.71. The van der Waals surface area contributed by atoms with Gasteiger partial charge in [-0.15, -0.1) is 11.8 Å². The van der Waals surface area contributed by atoms with E-state index in [0.29, 0.717) is 22.9 Å². The van der Waals surface area contributed by atoms with Gasteiger partial charge in [0.25, 0.3) is 5.91 Å². The van der Waals surface area contributed by atoms with Crippen molar-refractivity contribution in [2.75, 3.05) is 18.8 Å². The average Bonchev–Trinajstić information content (AvgIpc) is 2.91. The zero-order chi connectivity index (χ0) is 21.0. The lowest BCUT2D eigenvalue weighted by Gasteiger charge is -2.22. The van der Waals surface area contributed by atoms with Crippen LogP contribution in [0.1, 0.15) is 18.1 Å². The fraction of sp³-hybridized carbons (Fsp3) is 0.286. The van der Waals surface area contributed by atoms with Crippen LogP contribution in [0.25, 0.3) is 0 Å². The lowest BCUT2D eigenvalue weighted by molar-refractivity contribution is -0.134. The molecule has 0 spiro atoms. The van der Waals surface area contributed by atoms with Crippen molar-refractivity contribution in [3.05, 3.63) is 64.7 Å². The van der Waals surface area contributed by atoms with Gasteiger partial charge in [0.1, 0.15) is 12.1 Å². The van der Waals surface area contributed by atoms with E-state index in [0.717, 1.165) is 15.4 Å². The maximum atomic E-state index is 12.8. The minimum atomic E-state index is -1.17. The number of urea groups is 1. The second-order valence-electron chi connectivity index (χ2n) is 6.96. The van der Waals surface area contributed by atoms with Gasteiger partial charge in [-0.1, -0.05) is 41.4 Å². The third kappa shape index (κ3) is 4.92. The number of nitrogens with zero attached hydrogens (tertiary/aromatic N) is 1. The standard InChI is InChI=1S/C21H22ClN3O3S/c1-14-3-5-15(6-4-14)21(2)19(27)25(20(28)24-21)13-18(26)23-11-12-29-17-9-7-16(22)8-10-17/h3-10H,11-13H2,1-2H3,(H,23,26)(H,24,28)/t21-/m1/s1. The van der Waals surface area contributed by atoms with E-state index < -0.39 is 17.5 Å². The molecule has 0 radical (unpaired) electrons. The Kier molecular flexibility index (Phi) is 6.49. The zero-order valence-electron chi connectivity index (χ0n) is 16.2. The Hall–Kier alpha value is -2.51. The second kappa shape index (κ2) is 8.88. The Bertz CT molecular complexity index is 918. The molecule has 0 aliphatic carbocycles. The summed E-state index contributed by atoms with van der Waals surface area (Å²) in [5.74, 6) is -0.149. The molecule has 152 valence electrons. The molecule has 1 heterocycles. The van der Waals surface area contributed by atoms with Crippen LogP contribution < -0.4 is 10.6 Å². The Morgan fingerprint density at radius 2 is 1.79 bits per heavy atom. The first-order chi connectivity index (χ1) is 13.8. The van der Waals surface area contributed by atoms with E-state index in [1.807, 2.05) is 55.5 Å². The van der Waals surface area contributed by atoms with E-state index in [2.05, 4.69) is 10.6 Å². The van der Waals surface area contributed by atoms with Crippen LogP contribution in [-0.2, 0) is 15.1 Å². The number of carbonyl (C=O) groups is 3. The molecule has 29 heavy (non-hydrogen) atoms. The van der Waals surface area contributed by atoms with Gasteiger partial charge in [0, 0.05) is 22.2 Å². The highest BCUT2D eigenvalue weighted by atomic mass is 35.5. The molecule has 2 aromatic carbocycles. The van der Waals surface area contributed by atoms with Crippen molar-refractivity contribution in [1.82, 2.24) is 15.5 Å². The molecule has 6 nitrogen and oxygen atoms in total. The van der Waals surface area contributed by atoms with Crippen LogP contribution in [0.15, 0.2) is 53.4 Å². The summed E-state index contributed by atoms with van der Waals surface area (Å²) in [5.41, 5.74) is 0.570. The molecule has 0 aromatic heterocycles. The second-order valence-corrected chi connectivity index (χ2v) is 8.57. The number of aryl methyl sites for hydroxylation is 1. The summed E-state index contributed by atoms with van der Waals surface area (Å²) in [4.78, 5) is 39.4. The lowest BCUT2D eigenvalue weighted by Crippen LogP contribution is -2.43. The molecule has 8 heteroatoms.